The summed E-state index contributed by atoms with van der Waals surface area (Å²) in [4.78, 5) is 15.7. The number of nitrogens with zero attached hydrogens (tertiary/aromatic N) is 1. The van der Waals surface area contributed by atoms with Gasteiger partial charge >= 0.3 is 0 Å². The van der Waals surface area contributed by atoms with Gasteiger partial charge < -0.3 is 20.6 Å². The molecular formula is C10H13BrN2O4. The third-order valence-electron chi connectivity index (χ3n) is 2.29. The third-order valence-corrected chi connectivity index (χ3v) is 2.92. The van der Waals surface area contributed by atoms with Crippen molar-refractivity contribution in [2.75, 3.05) is 19.8 Å². The molecule has 0 aromatic carbocycles. The highest BCUT2D eigenvalue weighted by Crippen LogP contribution is 2.13. The van der Waals surface area contributed by atoms with E-state index in [9.17, 15) is 4.79 Å². The third kappa shape index (κ3) is 3.22. The van der Waals surface area contributed by atoms with Gasteiger partial charge in [-0.15, -0.1) is 0 Å². The van der Waals surface area contributed by atoms with Crippen molar-refractivity contribution < 1.29 is 20.1 Å². The lowest BCUT2D eigenvalue weighted by Gasteiger charge is -2.28. The Morgan fingerprint density at radius 3 is 2.41 bits per heavy atom. The standard InChI is InChI=1S/C10H13BrN2O4/c11-8-7(2-1-3-12-8)9(17)13-10(4-14,5-15)6-16/h1-3,14-16H,4-6H2,(H,13,17). The molecule has 0 bridgehead atoms. The van der Waals surface area contributed by atoms with Crippen LogP contribution >= 0.6 is 15.9 Å². The number of aliphatic hydroxyl groups excluding tert-OH is 3. The normalized spacial score (nSPS) is 11.3. The van der Waals surface area contributed by atoms with Gasteiger partial charge in [-0.3, -0.25) is 4.79 Å². The average Bonchev–Trinajstić information content (AvgIpc) is 2.36. The summed E-state index contributed by atoms with van der Waals surface area (Å²) >= 11 is 3.11. The molecule has 94 valence electrons. The number of carbonyl (C=O) groups is 1. The summed E-state index contributed by atoms with van der Waals surface area (Å²) in [6.07, 6.45) is 1.51. The summed E-state index contributed by atoms with van der Waals surface area (Å²) in [6, 6.07) is 3.11. The van der Waals surface area contributed by atoms with E-state index in [-0.39, 0.29) is 5.56 Å². The van der Waals surface area contributed by atoms with Crippen LogP contribution in [0.25, 0.3) is 0 Å². The Labute approximate surface area is 106 Å². The Morgan fingerprint density at radius 2 is 1.94 bits per heavy atom. The van der Waals surface area contributed by atoms with Crippen molar-refractivity contribution in [2.45, 2.75) is 5.54 Å². The summed E-state index contributed by atoms with van der Waals surface area (Å²) in [5.74, 6) is -0.540. The van der Waals surface area contributed by atoms with Gasteiger partial charge in [-0.1, -0.05) is 0 Å². The molecule has 4 N–H and O–H groups in total. The molecule has 1 aromatic heterocycles. The molecule has 0 radical (unpaired) electrons. The van der Waals surface area contributed by atoms with Gasteiger partial charge in [-0.05, 0) is 28.1 Å². The van der Waals surface area contributed by atoms with Crippen molar-refractivity contribution in [3.05, 3.63) is 28.5 Å². The van der Waals surface area contributed by atoms with E-state index >= 15 is 0 Å². The number of rotatable bonds is 5. The fourth-order valence-corrected chi connectivity index (χ4v) is 1.56. The second kappa shape index (κ2) is 6.06. The van der Waals surface area contributed by atoms with Crippen LogP contribution in [0.3, 0.4) is 0 Å². The maximum absolute atomic E-state index is 11.8. The number of nitrogens with one attached hydrogen (secondary N) is 1. The van der Waals surface area contributed by atoms with Crippen LogP contribution in [-0.2, 0) is 0 Å². The number of pyridine rings is 1. The van der Waals surface area contributed by atoms with Gasteiger partial charge in [0.05, 0.1) is 25.4 Å². The number of aliphatic hydroxyl groups is 3. The number of aromatic nitrogens is 1. The molecule has 1 rings (SSSR count). The first-order chi connectivity index (χ1) is 8.08. The highest BCUT2D eigenvalue weighted by atomic mass is 79.9. The Bertz CT molecular complexity index is 387. The summed E-state index contributed by atoms with van der Waals surface area (Å²) in [5.41, 5.74) is -1.18. The maximum atomic E-state index is 11.8. The molecule has 17 heavy (non-hydrogen) atoms. The van der Waals surface area contributed by atoms with Crippen molar-refractivity contribution in [2.24, 2.45) is 0 Å². The maximum Gasteiger partial charge on any atom is 0.254 e. The highest BCUT2D eigenvalue weighted by molar-refractivity contribution is 9.10. The van der Waals surface area contributed by atoms with Crippen LogP contribution in [0.2, 0.25) is 0 Å². The van der Waals surface area contributed by atoms with E-state index < -0.39 is 31.3 Å². The smallest absolute Gasteiger partial charge is 0.254 e. The molecule has 6 nitrogen and oxygen atoms in total. The second-order valence-electron chi connectivity index (χ2n) is 3.55. The first-order valence-electron chi connectivity index (χ1n) is 4.84. The lowest BCUT2D eigenvalue weighted by molar-refractivity contribution is 0.0375. The van der Waals surface area contributed by atoms with E-state index in [0.29, 0.717) is 4.60 Å². The zero-order valence-electron chi connectivity index (χ0n) is 8.93. The Balaban J connectivity index is 2.89. The number of halogens is 1. The molecular weight excluding hydrogens is 292 g/mol. The second-order valence-corrected chi connectivity index (χ2v) is 4.30. The molecule has 0 aliphatic heterocycles. The minimum Gasteiger partial charge on any atom is -0.394 e. The lowest BCUT2D eigenvalue weighted by Crippen LogP contribution is -2.57. The first kappa shape index (κ1) is 14.0. The summed E-state index contributed by atoms with van der Waals surface area (Å²) in [7, 11) is 0. The van der Waals surface area contributed by atoms with E-state index in [1.807, 2.05) is 0 Å². The minimum absolute atomic E-state index is 0.257. The van der Waals surface area contributed by atoms with Crippen molar-refractivity contribution in [1.82, 2.24) is 10.3 Å². The molecule has 0 spiro atoms. The molecule has 0 fully saturated rings. The predicted octanol–water partition coefficient (Wildman–Crippen LogP) is -0.710. The summed E-state index contributed by atoms with van der Waals surface area (Å²) < 4.78 is 0.347. The predicted molar refractivity (Wildman–Crippen MR) is 63.4 cm³/mol. The Kier molecular flexibility index (Phi) is 5.01. The zero-order valence-corrected chi connectivity index (χ0v) is 10.5. The van der Waals surface area contributed by atoms with Gasteiger partial charge in [0.25, 0.3) is 5.91 Å². The highest BCUT2D eigenvalue weighted by Gasteiger charge is 2.30. The van der Waals surface area contributed by atoms with Crippen molar-refractivity contribution in [3.63, 3.8) is 0 Å². The van der Waals surface area contributed by atoms with Crippen molar-refractivity contribution in [3.8, 4) is 0 Å². The van der Waals surface area contributed by atoms with Gasteiger partial charge in [0.1, 0.15) is 10.1 Å². The van der Waals surface area contributed by atoms with Crippen LogP contribution in [0.4, 0.5) is 0 Å². The van der Waals surface area contributed by atoms with Crippen LogP contribution in [0.5, 0.6) is 0 Å². The molecule has 1 aromatic rings. The van der Waals surface area contributed by atoms with Crippen LogP contribution in [0, 0.1) is 0 Å². The lowest BCUT2D eigenvalue weighted by atomic mass is 10.0. The quantitative estimate of drug-likeness (QED) is 0.538. The largest absolute Gasteiger partial charge is 0.394 e. The average molecular weight is 305 g/mol. The topological polar surface area (TPSA) is 103 Å². The van der Waals surface area contributed by atoms with Crippen molar-refractivity contribution in [1.29, 1.82) is 0 Å². The monoisotopic (exact) mass is 304 g/mol. The molecule has 0 aliphatic carbocycles. The van der Waals surface area contributed by atoms with Gasteiger partial charge in [0.2, 0.25) is 0 Å². The minimum atomic E-state index is -1.44. The number of carbonyl (C=O) groups excluding carboxylic acids is 1. The van der Waals surface area contributed by atoms with E-state index in [1.54, 1.807) is 6.07 Å². The molecule has 0 saturated heterocycles. The molecule has 0 unspecified atom stereocenters. The van der Waals surface area contributed by atoms with Gasteiger partial charge in [-0.25, -0.2) is 4.98 Å². The SMILES string of the molecule is O=C(NC(CO)(CO)CO)c1cccnc1Br. The Morgan fingerprint density at radius 1 is 1.35 bits per heavy atom. The molecule has 0 atom stereocenters. The summed E-state index contributed by atoms with van der Waals surface area (Å²) in [6.45, 7) is -1.70. The number of amides is 1. The molecule has 1 heterocycles. The van der Waals surface area contributed by atoms with Gasteiger partial charge in [0, 0.05) is 6.20 Å². The first-order valence-corrected chi connectivity index (χ1v) is 5.63. The van der Waals surface area contributed by atoms with Crippen LogP contribution < -0.4 is 5.32 Å². The van der Waals surface area contributed by atoms with Gasteiger partial charge in [0.15, 0.2) is 0 Å². The fourth-order valence-electron chi connectivity index (χ4n) is 1.13. The molecule has 0 saturated carbocycles. The molecule has 0 aliphatic rings. The van der Waals surface area contributed by atoms with Crippen LogP contribution in [0.15, 0.2) is 22.9 Å². The number of hydrogen-bond acceptors (Lipinski definition) is 5. The molecule has 1 amide bonds. The number of hydrogen-bond donors (Lipinski definition) is 4. The van der Waals surface area contributed by atoms with Crippen LogP contribution in [-0.4, -0.2) is 51.6 Å². The summed E-state index contributed by atoms with van der Waals surface area (Å²) in [5, 5.41) is 29.6. The van der Waals surface area contributed by atoms with E-state index in [0.717, 1.165) is 0 Å². The fraction of sp³-hybridized carbons (Fsp3) is 0.400. The van der Waals surface area contributed by atoms with Gasteiger partial charge in [-0.2, -0.15) is 0 Å². The molecule has 7 heteroatoms. The Hall–Kier alpha value is -1.02. The van der Waals surface area contributed by atoms with E-state index in [1.165, 1.54) is 12.3 Å². The van der Waals surface area contributed by atoms with E-state index in [4.69, 9.17) is 15.3 Å². The van der Waals surface area contributed by atoms with Crippen molar-refractivity contribution >= 4 is 21.8 Å². The van der Waals surface area contributed by atoms with E-state index in [2.05, 4.69) is 26.2 Å². The zero-order chi connectivity index (χ0) is 12.9. The van der Waals surface area contributed by atoms with Crippen LogP contribution in [0.1, 0.15) is 10.4 Å².